The van der Waals surface area contributed by atoms with Gasteiger partial charge in [-0.3, -0.25) is 24.1 Å². The lowest BCUT2D eigenvalue weighted by atomic mass is 9.64. The van der Waals surface area contributed by atoms with Gasteiger partial charge in [0.05, 0.1) is 16.9 Å². The fourth-order valence-corrected chi connectivity index (χ4v) is 10.0. The summed E-state index contributed by atoms with van der Waals surface area (Å²) in [5.74, 6) is -1.23. The number of aromatic nitrogens is 1. The Bertz CT molecular complexity index is 1250. The van der Waals surface area contributed by atoms with Gasteiger partial charge in [-0.1, -0.05) is 36.8 Å². The minimum atomic E-state index is -0.404. The molecular formula is C23H22ClN3O4S2. The van der Waals surface area contributed by atoms with Crippen molar-refractivity contribution < 1.29 is 14.4 Å². The van der Waals surface area contributed by atoms with Crippen molar-refractivity contribution in [2.45, 2.75) is 36.0 Å². The van der Waals surface area contributed by atoms with Crippen LogP contribution in [0.3, 0.4) is 0 Å². The lowest BCUT2D eigenvalue weighted by Crippen LogP contribution is -2.48. The van der Waals surface area contributed by atoms with Gasteiger partial charge in [0.2, 0.25) is 17.7 Å². The molecule has 1 aromatic carbocycles. The third kappa shape index (κ3) is 3.01. The third-order valence-electron chi connectivity index (χ3n) is 7.91. The average Bonchev–Trinajstić information content (AvgIpc) is 3.48. The van der Waals surface area contributed by atoms with Gasteiger partial charge in [0, 0.05) is 26.3 Å². The second-order valence-corrected chi connectivity index (χ2v) is 12.5. The Kier molecular flexibility index (Phi) is 4.68. The van der Waals surface area contributed by atoms with E-state index in [1.807, 2.05) is 0 Å². The van der Waals surface area contributed by atoms with Crippen LogP contribution in [0.25, 0.3) is 0 Å². The maximum Gasteiger partial charge on any atom is 0.305 e. The van der Waals surface area contributed by atoms with Crippen LogP contribution in [-0.4, -0.2) is 39.4 Å². The number of imide groups is 1. The van der Waals surface area contributed by atoms with Gasteiger partial charge in [-0.25, -0.2) is 0 Å². The molecule has 33 heavy (non-hydrogen) atoms. The maximum absolute atomic E-state index is 13.4. The zero-order valence-corrected chi connectivity index (χ0v) is 20.4. The molecule has 6 rings (SSSR count). The van der Waals surface area contributed by atoms with Crippen LogP contribution in [0.2, 0.25) is 5.02 Å². The molecule has 3 heterocycles. The number of fused-ring (bicyclic) bond motifs is 9. The quantitative estimate of drug-likeness (QED) is 0.626. The number of hydrogen-bond donors (Lipinski definition) is 2. The van der Waals surface area contributed by atoms with E-state index in [9.17, 15) is 19.2 Å². The molecule has 2 aliphatic heterocycles. The molecular weight excluding hydrogens is 482 g/mol. The summed E-state index contributed by atoms with van der Waals surface area (Å²) < 4.78 is 0. The van der Waals surface area contributed by atoms with Crippen molar-refractivity contribution in [2.24, 2.45) is 29.6 Å². The molecule has 10 heteroatoms. The summed E-state index contributed by atoms with van der Waals surface area (Å²) in [4.78, 5) is 56.5. The fourth-order valence-electron chi connectivity index (χ4n) is 6.75. The minimum Gasteiger partial charge on any atom is -0.325 e. The Morgan fingerprint density at radius 2 is 1.82 bits per heavy atom. The molecule has 1 aromatic heterocycles. The van der Waals surface area contributed by atoms with E-state index in [4.69, 9.17) is 11.6 Å². The molecule has 3 fully saturated rings. The first-order valence-electron chi connectivity index (χ1n) is 11.0. The molecule has 172 valence electrons. The van der Waals surface area contributed by atoms with Crippen LogP contribution in [0.5, 0.6) is 0 Å². The number of likely N-dealkylation sites (tertiary alicyclic amines) is 1. The number of anilines is 1. The lowest BCUT2D eigenvalue weighted by Gasteiger charge is -2.47. The SMILES string of the molecule is CC1(C)c2sc(=O)[nH]c2S[C@@H]2[C@H]3C[C@@H]([C@H]4C(=O)N(CC(=O)Nc5ccc(Cl)cc5)C(=O)[C@H]34)[C@H]21. The Morgan fingerprint density at radius 1 is 1.15 bits per heavy atom. The third-order valence-corrected chi connectivity index (χ3v) is 11.0. The van der Waals surface area contributed by atoms with Crippen molar-refractivity contribution in [3.05, 3.63) is 43.8 Å². The molecule has 0 radical (unpaired) electrons. The van der Waals surface area contributed by atoms with Crippen LogP contribution in [0.4, 0.5) is 5.69 Å². The predicted molar refractivity (Wildman–Crippen MR) is 126 cm³/mol. The number of carbonyl (C=O) groups is 3. The van der Waals surface area contributed by atoms with E-state index in [2.05, 4.69) is 24.1 Å². The molecule has 3 amide bonds. The van der Waals surface area contributed by atoms with Gasteiger partial charge in [0.15, 0.2) is 0 Å². The number of thiazole rings is 1. The van der Waals surface area contributed by atoms with E-state index < -0.39 is 5.91 Å². The van der Waals surface area contributed by atoms with Crippen LogP contribution in [0.1, 0.15) is 25.1 Å². The molecule has 7 nitrogen and oxygen atoms in total. The van der Waals surface area contributed by atoms with Gasteiger partial charge in [-0.15, -0.1) is 11.8 Å². The number of benzene rings is 1. The zero-order valence-electron chi connectivity index (χ0n) is 18.0. The van der Waals surface area contributed by atoms with Crippen LogP contribution in [-0.2, 0) is 19.8 Å². The predicted octanol–water partition coefficient (Wildman–Crippen LogP) is 3.35. The fraction of sp³-hybridized carbons (Fsp3) is 0.478. The number of amides is 3. The topological polar surface area (TPSA) is 99.3 Å². The van der Waals surface area contributed by atoms with Gasteiger partial charge in [-0.2, -0.15) is 0 Å². The zero-order chi connectivity index (χ0) is 23.2. The van der Waals surface area contributed by atoms with Crippen molar-refractivity contribution in [3.8, 4) is 0 Å². The first-order valence-corrected chi connectivity index (χ1v) is 13.0. The number of nitrogens with zero attached hydrogens (tertiary/aromatic N) is 1. The Labute approximate surface area is 203 Å². The number of rotatable bonds is 3. The van der Waals surface area contributed by atoms with Crippen molar-refractivity contribution in [1.29, 1.82) is 0 Å². The highest BCUT2D eigenvalue weighted by atomic mass is 35.5. The summed E-state index contributed by atoms with van der Waals surface area (Å²) in [5.41, 5.74) is 0.315. The maximum atomic E-state index is 13.4. The van der Waals surface area contributed by atoms with E-state index in [0.29, 0.717) is 10.7 Å². The lowest BCUT2D eigenvalue weighted by molar-refractivity contribution is -0.143. The highest BCUT2D eigenvalue weighted by molar-refractivity contribution is 8.00. The van der Waals surface area contributed by atoms with Gasteiger partial charge < -0.3 is 10.3 Å². The first-order chi connectivity index (χ1) is 15.7. The minimum absolute atomic E-state index is 0.0573. The van der Waals surface area contributed by atoms with E-state index in [1.54, 1.807) is 36.0 Å². The standard InChI is InChI=1S/C23H22ClN3O4S2/c1-23(2)16-11-7-12(17(16)32-19-18(23)33-22(31)26-19)15-14(11)20(29)27(21(15)30)8-13(28)25-10-5-3-9(24)4-6-10/h3-6,11-12,14-17H,7-8H2,1-2H3,(H,25,28)(H,26,31)/t11-,12-,14+,15+,16+,17+/m0/s1. The van der Waals surface area contributed by atoms with E-state index in [0.717, 1.165) is 21.2 Å². The average molecular weight is 504 g/mol. The van der Waals surface area contributed by atoms with Crippen molar-refractivity contribution in [1.82, 2.24) is 9.88 Å². The summed E-state index contributed by atoms with van der Waals surface area (Å²) in [6.45, 7) is 4.03. The second kappa shape index (κ2) is 7.20. The van der Waals surface area contributed by atoms with Gasteiger partial charge in [0.1, 0.15) is 6.54 Å². The van der Waals surface area contributed by atoms with E-state index in [-0.39, 0.29) is 63.5 Å². The number of hydrogen-bond acceptors (Lipinski definition) is 6. The van der Waals surface area contributed by atoms with Crippen LogP contribution in [0, 0.1) is 29.6 Å². The van der Waals surface area contributed by atoms with Crippen molar-refractivity contribution in [2.75, 3.05) is 11.9 Å². The molecule has 0 spiro atoms. The Morgan fingerprint density at radius 3 is 2.52 bits per heavy atom. The summed E-state index contributed by atoms with van der Waals surface area (Å²) in [5, 5.41) is 4.39. The number of H-pyrrole nitrogens is 1. The highest BCUT2D eigenvalue weighted by Gasteiger charge is 2.70. The molecule has 2 aliphatic carbocycles. The molecule has 6 atom stereocenters. The molecule has 2 N–H and O–H groups in total. The molecule has 2 aromatic rings. The van der Waals surface area contributed by atoms with Crippen LogP contribution < -0.4 is 10.2 Å². The summed E-state index contributed by atoms with van der Waals surface area (Å²) in [7, 11) is 0. The first kappa shape index (κ1) is 21.4. The van der Waals surface area contributed by atoms with Crippen LogP contribution in [0.15, 0.2) is 34.1 Å². The Balaban J connectivity index is 1.25. The van der Waals surface area contributed by atoms with Gasteiger partial charge in [-0.05, 0) is 48.4 Å². The van der Waals surface area contributed by atoms with Crippen molar-refractivity contribution >= 4 is 58.1 Å². The normalized spacial score (nSPS) is 33.1. The second-order valence-electron chi connectivity index (χ2n) is 9.94. The number of thioether (sulfide) groups is 1. The monoisotopic (exact) mass is 503 g/mol. The molecule has 4 aliphatic rings. The number of halogens is 1. The van der Waals surface area contributed by atoms with Crippen molar-refractivity contribution in [3.63, 3.8) is 0 Å². The Hall–Kier alpha value is -2.10. The number of nitrogens with one attached hydrogen (secondary N) is 2. The smallest absolute Gasteiger partial charge is 0.305 e. The molecule has 2 saturated carbocycles. The van der Waals surface area contributed by atoms with E-state index in [1.165, 1.54) is 11.3 Å². The molecule has 1 saturated heterocycles. The van der Waals surface area contributed by atoms with E-state index >= 15 is 0 Å². The number of carbonyl (C=O) groups excluding carboxylic acids is 3. The summed E-state index contributed by atoms with van der Waals surface area (Å²) in [6.07, 6.45) is 0.850. The number of aromatic amines is 1. The van der Waals surface area contributed by atoms with Gasteiger partial charge >= 0.3 is 4.87 Å². The molecule has 0 unspecified atom stereocenters. The highest BCUT2D eigenvalue weighted by Crippen LogP contribution is 2.68. The van der Waals surface area contributed by atoms with Gasteiger partial charge in [0.25, 0.3) is 0 Å². The van der Waals surface area contributed by atoms with Crippen LogP contribution >= 0.6 is 34.7 Å². The molecule has 2 bridgehead atoms. The summed E-state index contributed by atoms with van der Waals surface area (Å²) >= 11 is 8.81. The largest absolute Gasteiger partial charge is 0.325 e. The summed E-state index contributed by atoms with van der Waals surface area (Å²) in [6, 6.07) is 6.68.